The third-order valence-corrected chi connectivity index (χ3v) is 7.35. The normalized spacial score (nSPS) is 15.0. The molecule has 1 fully saturated rings. The molecule has 0 saturated heterocycles. The fraction of sp³-hybridized carbons (Fsp3) is 0.263. The van der Waals surface area contributed by atoms with E-state index in [0.29, 0.717) is 16.3 Å². The zero-order valence-corrected chi connectivity index (χ0v) is 16.6. The van der Waals surface area contributed by atoms with Gasteiger partial charge in [-0.05, 0) is 37.1 Å². The van der Waals surface area contributed by atoms with Gasteiger partial charge in [-0.3, -0.25) is 4.98 Å². The van der Waals surface area contributed by atoms with Crippen LogP contribution in [0, 0.1) is 0 Å². The molecule has 10 heteroatoms. The average molecular weight is 439 g/mol. The molecule has 0 atom stereocenters. The van der Waals surface area contributed by atoms with E-state index >= 15 is 0 Å². The summed E-state index contributed by atoms with van der Waals surface area (Å²) in [4.78, 5) is 8.46. The molecule has 29 heavy (non-hydrogen) atoms. The van der Waals surface area contributed by atoms with Gasteiger partial charge in [-0.15, -0.1) is 11.3 Å². The summed E-state index contributed by atoms with van der Waals surface area (Å²) in [6, 6.07) is 7.78. The maximum absolute atomic E-state index is 13.0. The Morgan fingerprint density at radius 1 is 1.14 bits per heavy atom. The van der Waals surface area contributed by atoms with Gasteiger partial charge in [-0.2, -0.15) is 17.5 Å². The highest BCUT2D eigenvalue weighted by Gasteiger charge is 2.38. The first kappa shape index (κ1) is 20.0. The molecule has 0 bridgehead atoms. The molecular formula is C19H16F3N3O2S2. The molecule has 1 aliphatic carbocycles. The second kappa shape index (κ2) is 7.51. The lowest BCUT2D eigenvalue weighted by Crippen LogP contribution is -2.32. The minimum Gasteiger partial charge on any atom is -0.263 e. The number of thiazole rings is 1. The van der Waals surface area contributed by atoms with Crippen LogP contribution in [0.15, 0.2) is 59.1 Å². The summed E-state index contributed by atoms with van der Waals surface area (Å²) in [6.45, 7) is 0.110. The molecule has 1 saturated carbocycles. The molecule has 1 aromatic carbocycles. The van der Waals surface area contributed by atoms with Crippen LogP contribution in [-0.4, -0.2) is 28.7 Å². The zero-order chi connectivity index (χ0) is 20.6. The van der Waals surface area contributed by atoms with Crippen LogP contribution in [0.2, 0.25) is 0 Å². The van der Waals surface area contributed by atoms with Crippen molar-refractivity contribution < 1.29 is 21.6 Å². The minimum atomic E-state index is -4.39. The van der Waals surface area contributed by atoms with Crippen molar-refractivity contribution in [1.29, 1.82) is 0 Å². The second-order valence-electron chi connectivity index (χ2n) is 6.69. The van der Waals surface area contributed by atoms with Gasteiger partial charge in [0, 0.05) is 29.4 Å². The minimum absolute atomic E-state index is 0.0728. The van der Waals surface area contributed by atoms with Gasteiger partial charge in [-0.25, -0.2) is 13.4 Å². The monoisotopic (exact) mass is 439 g/mol. The number of pyridine rings is 1. The van der Waals surface area contributed by atoms with Crippen molar-refractivity contribution in [2.24, 2.45) is 0 Å². The van der Waals surface area contributed by atoms with Crippen molar-refractivity contribution in [2.75, 3.05) is 0 Å². The molecule has 0 radical (unpaired) electrons. The Balaban J connectivity index is 1.56. The predicted molar refractivity (Wildman–Crippen MR) is 103 cm³/mol. The van der Waals surface area contributed by atoms with Crippen molar-refractivity contribution in [3.05, 3.63) is 65.4 Å². The number of alkyl halides is 3. The number of benzene rings is 1. The van der Waals surface area contributed by atoms with E-state index in [-0.39, 0.29) is 17.5 Å². The molecule has 5 nitrogen and oxygen atoms in total. The molecular weight excluding hydrogens is 423 g/mol. The van der Waals surface area contributed by atoms with Crippen molar-refractivity contribution >= 4 is 21.4 Å². The molecule has 2 heterocycles. The zero-order valence-electron chi connectivity index (χ0n) is 15.0. The summed E-state index contributed by atoms with van der Waals surface area (Å²) < 4.78 is 65.6. The number of nitrogens with zero attached hydrogens (tertiary/aromatic N) is 3. The van der Waals surface area contributed by atoms with Crippen LogP contribution < -0.4 is 0 Å². The molecule has 0 amide bonds. The van der Waals surface area contributed by atoms with Gasteiger partial charge in [-0.1, -0.05) is 12.1 Å². The highest BCUT2D eigenvalue weighted by atomic mass is 32.2. The standard InChI is InChI=1S/C19H16F3N3O2S2/c20-19(21,22)14-5-3-13(4-6-14)18-24-15(12-28-18)11-25(16-7-8-16)29(26,27)17-2-1-9-23-10-17/h1-6,9-10,12,16H,7-8,11H2. The Labute approximate surface area is 169 Å². The average Bonchev–Trinajstić information content (AvgIpc) is 3.43. The van der Waals surface area contributed by atoms with E-state index in [0.717, 1.165) is 25.0 Å². The summed E-state index contributed by atoms with van der Waals surface area (Å²) in [5, 5.41) is 2.28. The molecule has 0 aliphatic heterocycles. The predicted octanol–water partition coefficient (Wildman–Crippen LogP) is 4.58. The molecule has 0 spiro atoms. The van der Waals surface area contributed by atoms with Gasteiger partial charge >= 0.3 is 6.18 Å². The topological polar surface area (TPSA) is 63.2 Å². The molecule has 4 rings (SSSR count). The Kier molecular flexibility index (Phi) is 5.18. The largest absolute Gasteiger partial charge is 0.416 e. The highest BCUT2D eigenvalue weighted by molar-refractivity contribution is 7.89. The Morgan fingerprint density at radius 3 is 2.45 bits per heavy atom. The highest BCUT2D eigenvalue weighted by Crippen LogP contribution is 2.35. The Morgan fingerprint density at radius 2 is 1.86 bits per heavy atom. The van der Waals surface area contributed by atoms with Crippen molar-refractivity contribution in [3.8, 4) is 10.6 Å². The summed E-state index contributed by atoms with van der Waals surface area (Å²) in [7, 11) is -3.70. The Hall–Kier alpha value is -2.30. The van der Waals surface area contributed by atoms with Crippen LogP contribution in [0.5, 0.6) is 0 Å². The van der Waals surface area contributed by atoms with Crippen LogP contribution in [0.25, 0.3) is 10.6 Å². The smallest absolute Gasteiger partial charge is 0.263 e. The van der Waals surface area contributed by atoms with Crippen LogP contribution in [0.4, 0.5) is 13.2 Å². The van der Waals surface area contributed by atoms with E-state index in [2.05, 4.69) is 9.97 Å². The molecule has 2 aromatic heterocycles. The number of rotatable bonds is 6. The number of sulfonamides is 1. The first-order valence-corrected chi connectivity index (χ1v) is 11.1. The van der Waals surface area contributed by atoms with Gasteiger partial charge in [0.15, 0.2) is 0 Å². The maximum atomic E-state index is 13.0. The molecule has 1 aliphatic rings. The van der Waals surface area contributed by atoms with Gasteiger partial charge in [0.1, 0.15) is 9.90 Å². The lowest BCUT2D eigenvalue weighted by molar-refractivity contribution is -0.137. The quantitative estimate of drug-likeness (QED) is 0.564. The van der Waals surface area contributed by atoms with Crippen molar-refractivity contribution in [3.63, 3.8) is 0 Å². The van der Waals surface area contributed by atoms with E-state index in [1.165, 1.54) is 46.2 Å². The van der Waals surface area contributed by atoms with Crippen LogP contribution in [0.3, 0.4) is 0 Å². The molecule has 0 unspecified atom stereocenters. The summed E-state index contributed by atoms with van der Waals surface area (Å²) in [5.74, 6) is 0. The molecule has 152 valence electrons. The first-order chi connectivity index (χ1) is 13.7. The summed E-state index contributed by atoms with van der Waals surface area (Å²) in [6.07, 6.45) is 0.0133. The van der Waals surface area contributed by atoms with E-state index in [1.807, 2.05) is 0 Å². The van der Waals surface area contributed by atoms with Crippen LogP contribution >= 0.6 is 11.3 Å². The lowest BCUT2D eigenvalue weighted by Gasteiger charge is -2.20. The van der Waals surface area contributed by atoms with E-state index in [4.69, 9.17) is 0 Å². The SMILES string of the molecule is O=S(=O)(c1cccnc1)N(Cc1csc(-c2ccc(C(F)(F)F)cc2)n1)C1CC1. The first-order valence-electron chi connectivity index (χ1n) is 8.79. The number of halogens is 3. The van der Waals surface area contributed by atoms with Crippen LogP contribution in [0.1, 0.15) is 24.1 Å². The van der Waals surface area contributed by atoms with Gasteiger partial charge < -0.3 is 0 Å². The summed E-state index contributed by atoms with van der Waals surface area (Å²) in [5.41, 5.74) is 0.395. The summed E-state index contributed by atoms with van der Waals surface area (Å²) >= 11 is 1.27. The van der Waals surface area contributed by atoms with Gasteiger partial charge in [0.05, 0.1) is 17.8 Å². The fourth-order valence-electron chi connectivity index (χ4n) is 2.88. The fourth-order valence-corrected chi connectivity index (χ4v) is 5.32. The van der Waals surface area contributed by atoms with Gasteiger partial charge in [0.2, 0.25) is 10.0 Å². The number of hydrogen-bond acceptors (Lipinski definition) is 5. The number of aromatic nitrogens is 2. The van der Waals surface area contributed by atoms with E-state index in [1.54, 1.807) is 11.4 Å². The Bertz CT molecular complexity index is 1090. The van der Waals surface area contributed by atoms with Crippen LogP contribution in [-0.2, 0) is 22.7 Å². The van der Waals surface area contributed by atoms with Crippen molar-refractivity contribution in [2.45, 2.75) is 36.5 Å². The van der Waals surface area contributed by atoms with Crippen molar-refractivity contribution in [1.82, 2.24) is 14.3 Å². The second-order valence-corrected chi connectivity index (χ2v) is 9.44. The third-order valence-electron chi connectivity index (χ3n) is 4.52. The van der Waals surface area contributed by atoms with E-state index in [9.17, 15) is 21.6 Å². The third kappa shape index (κ3) is 4.34. The van der Waals surface area contributed by atoms with E-state index < -0.39 is 21.8 Å². The van der Waals surface area contributed by atoms with Gasteiger partial charge in [0.25, 0.3) is 0 Å². The molecule has 3 aromatic rings. The lowest BCUT2D eigenvalue weighted by atomic mass is 10.1. The molecule has 0 N–H and O–H groups in total. The number of hydrogen-bond donors (Lipinski definition) is 0. The maximum Gasteiger partial charge on any atom is 0.416 e.